The minimum absolute atomic E-state index is 0.237. The third-order valence-electron chi connectivity index (χ3n) is 24.1. The van der Waals surface area contributed by atoms with Crippen molar-refractivity contribution >= 4 is 65.2 Å². The fourth-order valence-corrected chi connectivity index (χ4v) is 19.2. The minimum atomic E-state index is -0.530. The lowest BCUT2D eigenvalue weighted by Gasteiger charge is -2.31. The van der Waals surface area contributed by atoms with Crippen LogP contribution in [0.5, 0.6) is 0 Å². The van der Waals surface area contributed by atoms with Crippen molar-refractivity contribution in [1.29, 1.82) is 0 Å². The van der Waals surface area contributed by atoms with Crippen LogP contribution in [0, 0.1) is 0 Å². The molecule has 0 radical (unpaired) electrons. The zero-order chi connectivity index (χ0) is 66.8. The molecule has 101 heavy (non-hydrogen) atoms. The van der Waals surface area contributed by atoms with Gasteiger partial charge < -0.3 is 9.13 Å². The molecule has 0 atom stereocenters. The van der Waals surface area contributed by atoms with Gasteiger partial charge in [0.25, 0.3) is 0 Å². The smallest absolute Gasteiger partial charge is 0.0725 e. The highest BCUT2D eigenvalue weighted by Crippen LogP contribution is 2.64. The van der Waals surface area contributed by atoms with E-state index >= 15 is 0 Å². The summed E-state index contributed by atoms with van der Waals surface area (Å²) in [6, 6.07) is 125. The molecule has 0 saturated carbocycles. The summed E-state index contributed by atoms with van der Waals surface area (Å²) in [5.41, 5.74) is 37.5. The van der Waals surface area contributed by atoms with Crippen molar-refractivity contribution in [1.82, 2.24) is 9.13 Å². The number of hydrogen-bond acceptors (Lipinski definition) is 0. The second kappa shape index (κ2) is 20.4. The lowest BCUT2D eigenvalue weighted by atomic mass is 9.70. The zero-order valence-corrected chi connectivity index (χ0v) is 56.6. The largest absolute Gasteiger partial charge is 0.309 e. The van der Waals surface area contributed by atoms with Gasteiger partial charge in [-0.2, -0.15) is 0 Å². The Hall–Kier alpha value is -12.4. The van der Waals surface area contributed by atoms with E-state index in [0.29, 0.717) is 0 Å². The summed E-state index contributed by atoms with van der Waals surface area (Å²) in [7, 11) is 0. The summed E-state index contributed by atoms with van der Waals surface area (Å²) >= 11 is 0. The lowest BCUT2D eigenvalue weighted by Crippen LogP contribution is -2.26. The third-order valence-corrected chi connectivity index (χ3v) is 24.1. The van der Waals surface area contributed by atoms with Crippen LogP contribution >= 0.6 is 0 Å². The van der Waals surface area contributed by atoms with Crippen LogP contribution in [0.15, 0.2) is 328 Å². The van der Waals surface area contributed by atoms with E-state index in [1.807, 2.05) is 0 Å². The van der Waals surface area contributed by atoms with Gasteiger partial charge in [-0.25, -0.2) is 0 Å². The Morgan fingerprint density at radius 2 is 0.465 bits per heavy atom. The lowest BCUT2D eigenvalue weighted by molar-refractivity contribution is 0.660. The Morgan fingerprint density at radius 1 is 0.188 bits per heavy atom. The summed E-state index contributed by atoms with van der Waals surface area (Å²) in [4.78, 5) is 0. The van der Waals surface area contributed by atoms with E-state index in [1.54, 1.807) is 0 Å². The molecule has 4 aliphatic rings. The van der Waals surface area contributed by atoms with Gasteiger partial charge in [-0.15, -0.1) is 0 Å². The van der Waals surface area contributed by atoms with Gasteiger partial charge >= 0.3 is 0 Å². The van der Waals surface area contributed by atoms with Crippen LogP contribution in [0.1, 0.15) is 72.2 Å². The van der Waals surface area contributed by atoms with Crippen molar-refractivity contribution in [2.45, 2.75) is 43.9 Å². The first-order chi connectivity index (χ1) is 49.5. The van der Waals surface area contributed by atoms with Crippen molar-refractivity contribution in [3.8, 4) is 100 Å². The molecule has 22 rings (SSSR count). The molecule has 0 aliphatic heterocycles. The molecule has 2 nitrogen and oxygen atoms in total. The number of rotatable bonds is 6. The average Bonchev–Trinajstić information content (AvgIpc) is 1.51. The van der Waals surface area contributed by atoms with Gasteiger partial charge in [-0.05, 0) is 252 Å². The number of benzene rings is 16. The number of nitrogens with zero attached hydrogens (tertiary/aromatic N) is 2. The fraction of sp³-hybridized carbons (Fsp3) is 0.0707. The molecule has 0 amide bonds. The molecule has 0 unspecified atom stereocenters. The molecule has 472 valence electrons. The van der Waals surface area contributed by atoms with E-state index in [0.717, 1.165) is 0 Å². The SMILES string of the molecule is CC1(C)c2cc(-c3ccc4c(c3)C3(c5ccccc5-c5ccccc53)c3cc(-c5ccc6c(c5)C(C)(C)c5cc(-c7ccc8c(c7)c7ccccc7n8-c7ccc8ccccc8c7)ccc5-6)ccc3-4)ccc2-c2ccc(-c3ccc4c(c3)c3ccccc3n4-c3ccc4ccccc4c3)cc21. The van der Waals surface area contributed by atoms with Crippen LogP contribution in [0.3, 0.4) is 0 Å². The van der Waals surface area contributed by atoms with E-state index in [4.69, 9.17) is 0 Å². The Balaban J connectivity index is 0.606. The molecule has 0 fully saturated rings. The molecule has 18 aromatic rings. The average molecular weight is 1280 g/mol. The number of aromatic nitrogens is 2. The maximum atomic E-state index is 2.56. The van der Waals surface area contributed by atoms with Gasteiger partial charge in [0.15, 0.2) is 0 Å². The van der Waals surface area contributed by atoms with Gasteiger partial charge in [0.2, 0.25) is 0 Å². The minimum Gasteiger partial charge on any atom is -0.309 e. The van der Waals surface area contributed by atoms with Crippen LogP contribution in [0.2, 0.25) is 0 Å². The van der Waals surface area contributed by atoms with E-state index in [2.05, 4.69) is 364 Å². The van der Waals surface area contributed by atoms with Crippen molar-refractivity contribution in [3.05, 3.63) is 372 Å². The molecule has 4 aliphatic carbocycles. The number of fused-ring (bicyclic) bond motifs is 24. The van der Waals surface area contributed by atoms with Crippen LogP contribution in [0.25, 0.3) is 166 Å². The normalized spacial score (nSPS) is 14.4. The van der Waals surface area contributed by atoms with Gasteiger partial charge in [0.1, 0.15) is 0 Å². The van der Waals surface area contributed by atoms with E-state index in [9.17, 15) is 0 Å². The summed E-state index contributed by atoms with van der Waals surface area (Å²) in [5, 5.41) is 10.0. The van der Waals surface area contributed by atoms with Crippen molar-refractivity contribution in [2.24, 2.45) is 0 Å². The summed E-state index contributed by atoms with van der Waals surface area (Å²) in [6.45, 7) is 9.71. The highest BCUT2D eigenvalue weighted by Gasteiger charge is 2.52. The van der Waals surface area contributed by atoms with Crippen molar-refractivity contribution in [2.75, 3.05) is 0 Å². The fourth-order valence-electron chi connectivity index (χ4n) is 19.2. The topological polar surface area (TPSA) is 9.86 Å². The molecule has 2 heteroatoms. The highest BCUT2D eigenvalue weighted by molar-refractivity contribution is 6.12. The molecule has 16 aromatic carbocycles. The molecule has 0 bridgehead atoms. The van der Waals surface area contributed by atoms with Gasteiger partial charge in [-0.3, -0.25) is 0 Å². The van der Waals surface area contributed by atoms with E-state index in [-0.39, 0.29) is 10.8 Å². The van der Waals surface area contributed by atoms with Crippen LogP contribution in [-0.2, 0) is 16.2 Å². The molecular weight excluding hydrogens is 1220 g/mol. The standard InChI is InChI=1S/C99H66N2/c1-97(2)87-53-65(63-37-47-95-83(51-63)81-23-11-15-27-93(81)100(95)71-39-29-59-17-5-7-19-61(59)49-71)31-41-75(87)77-43-33-67(55-89(77)97)69-35-45-79-80-46-36-70(58-92(80)99(91(79)57-69)85-25-13-9-21-73(85)74-22-10-14-26-86(74)99)68-34-44-78-76-42-32-66(54-88(76)98(3,4)90(78)56-68)64-38-48-96-84(52-64)82-24-12-16-28-94(82)101(96)72-40-30-60-18-6-8-20-62(60)50-72/h5-58H,1-4H3. The molecule has 2 aromatic heterocycles. The molecule has 0 saturated heterocycles. The Morgan fingerprint density at radius 3 is 0.851 bits per heavy atom. The summed E-state index contributed by atoms with van der Waals surface area (Å²) < 4.78 is 4.86. The third kappa shape index (κ3) is 7.77. The first-order valence-electron chi connectivity index (χ1n) is 35.7. The monoisotopic (exact) mass is 1280 g/mol. The first kappa shape index (κ1) is 56.6. The predicted molar refractivity (Wildman–Crippen MR) is 423 cm³/mol. The Kier molecular flexibility index (Phi) is 11.4. The van der Waals surface area contributed by atoms with Crippen molar-refractivity contribution < 1.29 is 0 Å². The zero-order valence-electron chi connectivity index (χ0n) is 56.6. The maximum Gasteiger partial charge on any atom is 0.0725 e. The predicted octanol–water partition coefficient (Wildman–Crippen LogP) is 25.8. The quantitative estimate of drug-likeness (QED) is 0.157. The van der Waals surface area contributed by atoms with E-state index in [1.165, 1.54) is 210 Å². The maximum absolute atomic E-state index is 2.56. The van der Waals surface area contributed by atoms with Gasteiger partial charge in [-0.1, -0.05) is 258 Å². The molecule has 2 heterocycles. The van der Waals surface area contributed by atoms with Crippen LogP contribution in [-0.4, -0.2) is 9.13 Å². The second-order valence-corrected chi connectivity index (χ2v) is 29.9. The number of para-hydroxylation sites is 2. The number of hydrogen-bond donors (Lipinski definition) is 0. The van der Waals surface area contributed by atoms with Gasteiger partial charge in [0, 0.05) is 43.7 Å². The molecule has 0 N–H and O–H groups in total. The Bertz CT molecular complexity index is 6310. The molecule has 1 spiro atoms. The highest BCUT2D eigenvalue weighted by atomic mass is 15.0. The molecular formula is C99H66N2. The van der Waals surface area contributed by atoms with E-state index < -0.39 is 5.41 Å². The van der Waals surface area contributed by atoms with Crippen LogP contribution < -0.4 is 0 Å². The first-order valence-corrected chi connectivity index (χ1v) is 35.7. The Labute approximate surface area is 587 Å². The summed E-state index contributed by atoms with van der Waals surface area (Å²) in [5.74, 6) is 0. The van der Waals surface area contributed by atoms with Crippen molar-refractivity contribution in [3.63, 3.8) is 0 Å². The van der Waals surface area contributed by atoms with Crippen LogP contribution in [0.4, 0.5) is 0 Å². The van der Waals surface area contributed by atoms with Gasteiger partial charge in [0.05, 0.1) is 27.5 Å². The second-order valence-electron chi connectivity index (χ2n) is 29.9. The summed E-state index contributed by atoms with van der Waals surface area (Å²) in [6.07, 6.45) is 0.